The van der Waals surface area contributed by atoms with Gasteiger partial charge in [-0.05, 0) is 37.8 Å². The number of hydrogen-bond donors (Lipinski definition) is 0. The molecule has 1 heterocycles. The predicted molar refractivity (Wildman–Crippen MR) is 87.2 cm³/mol. The molecule has 1 fully saturated rings. The number of rotatable bonds is 5. The third-order valence-electron chi connectivity index (χ3n) is 4.20. The van der Waals surface area contributed by atoms with E-state index in [9.17, 15) is 4.79 Å². The van der Waals surface area contributed by atoms with Crippen molar-refractivity contribution in [2.45, 2.75) is 52.7 Å². The van der Waals surface area contributed by atoms with Crippen LogP contribution < -0.4 is 4.74 Å². The Labute approximate surface area is 133 Å². The maximum atomic E-state index is 12.3. The number of nitrogens with zero attached hydrogens (tertiary/aromatic N) is 1. The van der Waals surface area contributed by atoms with Crippen molar-refractivity contribution in [2.24, 2.45) is 0 Å². The highest BCUT2D eigenvalue weighted by Crippen LogP contribution is 2.23. The second-order valence-electron chi connectivity index (χ2n) is 6.09. The molecule has 22 heavy (non-hydrogen) atoms. The van der Waals surface area contributed by atoms with Gasteiger partial charge in [-0.25, -0.2) is 0 Å². The summed E-state index contributed by atoms with van der Waals surface area (Å²) in [5.74, 6) is 0.504. The molecule has 1 aliphatic heterocycles. The molecule has 4 nitrogen and oxygen atoms in total. The van der Waals surface area contributed by atoms with Crippen LogP contribution in [0.4, 0.5) is 0 Å². The molecule has 0 aromatic heterocycles. The molecule has 0 spiro atoms. The minimum atomic E-state index is -0.191. The van der Waals surface area contributed by atoms with Crippen LogP contribution in [0.1, 0.15) is 37.8 Å². The fourth-order valence-electron chi connectivity index (χ4n) is 2.88. The summed E-state index contributed by atoms with van der Waals surface area (Å²) in [4.78, 5) is 14.4. The molecule has 2 atom stereocenters. The first-order valence-corrected chi connectivity index (χ1v) is 8.18. The van der Waals surface area contributed by atoms with E-state index in [1.54, 1.807) is 0 Å². The molecule has 4 heteroatoms. The Kier molecular flexibility index (Phi) is 5.98. The zero-order valence-electron chi connectivity index (χ0n) is 14.1. The van der Waals surface area contributed by atoms with Gasteiger partial charge in [-0.2, -0.15) is 0 Å². The van der Waals surface area contributed by atoms with E-state index in [-0.39, 0.29) is 18.2 Å². The van der Waals surface area contributed by atoms with E-state index in [4.69, 9.17) is 9.47 Å². The number of ether oxygens (including phenoxy) is 2. The first kappa shape index (κ1) is 17.0. The highest BCUT2D eigenvalue weighted by atomic mass is 16.5. The third kappa shape index (κ3) is 4.31. The van der Waals surface area contributed by atoms with Gasteiger partial charge in [0, 0.05) is 13.1 Å². The van der Waals surface area contributed by atoms with Crippen molar-refractivity contribution in [3.05, 3.63) is 29.3 Å². The van der Waals surface area contributed by atoms with Crippen molar-refractivity contribution < 1.29 is 14.3 Å². The van der Waals surface area contributed by atoms with E-state index in [1.165, 1.54) is 0 Å². The van der Waals surface area contributed by atoms with Crippen LogP contribution in [0, 0.1) is 13.8 Å². The van der Waals surface area contributed by atoms with Crippen LogP contribution in [0.25, 0.3) is 0 Å². The highest BCUT2D eigenvalue weighted by Gasteiger charge is 2.27. The number of benzene rings is 1. The Morgan fingerprint density at radius 2 is 1.73 bits per heavy atom. The number of aryl methyl sites for hydroxylation is 2. The molecular weight excluding hydrogens is 278 g/mol. The van der Waals surface area contributed by atoms with Crippen molar-refractivity contribution in [2.75, 3.05) is 19.6 Å². The Bertz CT molecular complexity index is 483. The number of hydrogen-bond acceptors (Lipinski definition) is 4. The standard InChI is InChI=1S/C18H27NO3/c1-5-15-10-19(11-16(6-2)21-15)12-17(20)22-18-13(3)8-7-9-14(18)4/h7-9,15-16H,5-6,10-12H2,1-4H3. The van der Waals surface area contributed by atoms with Crippen LogP contribution in [0.5, 0.6) is 5.75 Å². The van der Waals surface area contributed by atoms with Gasteiger partial charge >= 0.3 is 5.97 Å². The molecule has 0 radical (unpaired) electrons. The summed E-state index contributed by atoms with van der Waals surface area (Å²) in [5, 5.41) is 0. The first-order chi connectivity index (χ1) is 10.5. The van der Waals surface area contributed by atoms with E-state index in [2.05, 4.69) is 18.7 Å². The molecule has 0 N–H and O–H groups in total. The van der Waals surface area contributed by atoms with Gasteiger partial charge in [-0.15, -0.1) is 0 Å². The van der Waals surface area contributed by atoms with E-state index in [0.29, 0.717) is 12.3 Å². The molecule has 1 aromatic carbocycles. The van der Waals surface area contributed by atoms with Gasteiger partial charge in [0.2, 0.25) is 0 Å². The Morgan fingerprint density at radius 1 is 1.18 bits per heavy atom. The zero-order chi connectivity index (χ0) is 16.1. The van der Waals surface area contributed by atoms with E-state index < -0.39 is 0 Å². The molecule has 1 saturated heterocycles. The Morgan fingerprint density at radius 3 is 2.23 bits per heavy atom. The summed E-state index contributed by atoms with van der Waals surface area (Å²) >= 11 is 0. The van der Waals surface area contributed by atoms with Crippen LogP contribution in [0.3, 0.4) is 0 Å². The minimum absolute atomic E-state index is 0.191. The SMILES string of the molecule is CCC1CN(CC(=O)Oc2c(C)cccc2C)CC(CC)O1. The average Bonchev–Trinajstić information content (AvgIpc) is 2.50. The van der Waals surface area contributed by atoms with Crippen molar-refractivity contribution in [1.82, 2.24) is 4.90 Å². The number of esters is 1. The fraction of sp³-hybridized carbons (Fsp3) is 0.611. The van der Waals surface area contributed by atoms with Crippen molar-refractivity contribution in [1.29, 1.82) is 0 Å². The van der Waals surface area contributed by atoms with Crippen LogP contribution in [-0.4, -0.2) is 42.7 Å². The molecule has 0 saturated carbocycles. The third-order valence-corrected chi connectivity index (χ3v) is 4.20. The molecule has 2 rings (SSSR count). The number of carbonyl (C=O) groups is 1. The van der Waals surface area contributed by atoms with E-state index in [0.717, 1.165) is 37.1 Å². The summed E-state index contributed by atoms with van der Waals surface area (Å²) in [6.45, 7) is 10.1. The lowest BCUT2D eigenvalue weighted by molar-refractivity contribution is -0.140. The zero-order valence-corrected chi connectivity index (χ0v) is 14.1. The van der Waals surface area contributed by atoms with Gasteiger partial charge in [-0.1, -0.05) is 32.0 Å². The second-order valence-corrected chi connectivity index (χ2v) is 6.09. The summed E-state index contributed by atoms with van der Waals surface area (Å²) in [6, 6.07) is 5.90. The lowest BCUT2D eigenvalue weighted by Gasteiger charge is -2.37. The molecule has 0 bridgehead atoms. The molecule has 1 aliphatic rings. The molecule has 122 valence electrons. The number of morpholine rings is 1. The molecule has 1 aromatic rings. The van der Waals surface area contributed by atoms with Gasteiger partial charge in [0.25, 0.3) is 0 Å². The van der Waals surface area contributed by atoms with Crippen LogP contribution in [-0.2, 0) is 9.53 Å². The molecule has 0 amide bonds. The lowest BCUT2D eigenvalue weighted by atomic mass is 10.1. The lowest BCUT2D eigenvalue weighted by Crippen LogP contribution is -2.49. The number of carbonyl (C=O) groups excluding carboxylic acids is 1. The second kappa shape index (κ2) is 7.75. The molecule has 2 unspecified atom stereocenters. The number of para-hydroxylation sites is 1. The Balaban J connectivity index is 1.96. The van der Waals surface area contributed by atoms with Gasteiger partial charge < -0.3 is 9.47 Å². The molecule has 0 aliphatic carbocycles. The van der Waals surface area contributed by atoms with Crippen LogP contribution in [0.2, 0.25) is 0 Å². The summed E-state index contributed by atoms with van der Waals surface area (Å²) in [7, 11) is 0. The van der Waals surface area contributed by atoms with Crippen LogP contribution in [0.15, 0.2) is 18.2 Å². The van der Waals surface area contributed by atoms with E-state index in [1.807, 2.05) is 32.0 Å². The topological polar surface area (TPSA) is 38.8 Å². The minimum Gasteiger partial charge on any atom is -0.425 e. The quantitative estimate of drug-likeness (QED) is 0.619. The largest absolute Gasteiger partial charge is 0.425 e. The average molecular weight is 305 g/mol. The van der Waals surface area contributed by atoms with Crippen molar-refractivity contribution >= 4 is 5.97 Å². The van der Waals surface area contributed by atoms with Crippen molar-refractivity contribution in [3.63, 3.8) is 0 Å². The first-order valence-electron chi connectivity index (χ1n) is 8.18. The summed E-state index contributed by atoms with van der Waals surface area (Å²) in [5.41, 5.74) is 1.99. The van der Waals surface area contributed by atoms with Gasteiger partial charge in [0.05, 0.1) is 18.8 Å². The van der Waals surface area contributed by atoms with Gasteiger partial charge in [0.15, 0.2) is 0 Å². The maximum Gasteiger partial charge on any atom is 0.325 e. The van der Waals surface area contributed by atoms with Crippen LogP contribution >= 0.6 is 0 Å². The van der Waals surface area contributed by atoms with E-state index >= 15 is 0 Å². The predicted octanol–water partition coefficient (Wildman–Crippen LogP) is 3.10. The van der Waals surface area contributed by atoms with Gasteiger partial charge in [0.1, 0.15) is 5.75 Å². The summed E-state index contributed by atoms with van der Waals surface area (Å²) < 4.78 is 11.6. The maximum absolute atomic E-state index is 12.3. The highest BCUT2D eigenvalue weighted by molar-refractivity contribution is 5.75. The van der Waals surface area contributed by atoms with Crippen molar-refractivity contribution in [3.8, 4) is 5.75 Å². The summed E-state index contributed by atoms with van der Waals surface area (Å²) in [6.07, 6.45) is 2.37. The fourth-order valence-corrected chi connectivity index (χ4v) is 2.88. The normalized spacial score (nSPS) is 22.5. The smallest absolute Gasteiger partial charge is 0.325 e. The monoisotopic (exact) mass is 305 g/mol. The molecular formula is C18H27NO3. The van der Waals surface area contributed by atoms with Gasteiger partial charge in [-0.3, -0.25) is 9.69 Å². The Hall–Kier alpha value is -1.39.